The maximum atomic E-state index is 13.5. The fourth-order valence-corrected chi connectivity index (χ4v) is 4.65. The van der Waals surface area contributed by atoms with Crippen LogP contribution in [0.5, 0.6) is 0 Å². The van der Waals surface area contributed by atoms with Crippen LogP contribution >= 0.6 is 0 Å². The number of nitrogens with one attached hydrogen (secondary N) is 1. The van der Waals surface area contributed by atoms with Gasteiger partial charge in [-0.05, 0) is 59.7 Å². The summed E-state index contributed by atoms with van der Waals surface area (Å²) in [5, 5.41) is 5.35. The van der Waals surface area contributed by atoms with E-state index in [1.165, 1.54) is 6.07 Å². The largest absolute Gasteiger partial charge is 0.371 e. The highest BCUT2D eigenvalue weighted by Crippen LogP contribution is 2.54. The summed E-state index contributed by atoms with van der Waals surface area (Å²) in [7, 11) is 0. The average Bonchev–Trinajstić information content (AvgIpc) is 3.38. The van der Waals surface area contributed by atoms with Crippen molar-refractivity contribution >= 4 is 22.4 Å². The van der Waals surface area contributed by atoms with Gasteiger partial charge in [-0.15, -0.1) is 0 Å². The lowest BCUT2D eigenvalue weighted by atomic mass is 9.92. The van der Waals surface area contributed by atoms with Crippen molar-refractivity contribution in [3.8, 4) is 0 Å². The van der Waals surface area contributed by atoms with Gasteiger partial charge in [0, 0.05) is 30.4 Å². The molecule has 0 radical (unpaired) electrons. The number of halogens is 1. The van der Waals surface area contributed by atoms with Crippen LogP contribution in [0.15, 0.2) is 66.7 Å². The van der Waals surface area contributed by atoms with E-state index in [1.54, 1.807) is 12.1 Å². The molecular formula is C24H23FN2O. The van der Waals surface area contributed by atoms with E-state index in [9.17, 15) is 9.18 Å². The van der Waals surface area contributed by atoms with Crippen LogP contribution in [-0.4, -0.2) is 25.0 Å². The van der Waals surface area contributed by atoms with E-state index in [0.29, 0.717) is 0 Å². The molecule has 2 aliphatic rings. The van der Waals surface area contributed by atoms with E-state index in [4.69, 9.17) is 0 Å². The van der Waals surface area contributed by atoms with E-state index in [-0.39, 0.29) is 23.2 Å². The number of fused-ring (bicyclic) bond motifs is 1. The molecule has 1 aliphatic heterocycles. The minimum absolute atomic E-state index is 0.0197. The first kappa shape index (κ1) is 17.2. The van der Waals surface area contributed by atoms with Crippen LogP contribution in [0.4, 0.5) is 10.1 Å². The van der Waals surface area contributed by atoms with E-state index >= 15 is 0 Å². The van der Waals surface area contributed by atoms with Gasteiger partial charge in [-0.25, -0.2) is 4.39 Å². The Labute approximate surface area is 164 Å². The van der Waals surface area contributed by atoms with E-state index in [1.807, 2.05) is 48.5 Å². The molecule has 1 saturated heterocycles. The number of nitrogens with zero attached hydrogens (tertiary/aromatic N) is 1. The second-order valence-corrected chi connectivity index (χ2v) is 8.09. The fourth-order valence-electron chi connectivity index (χ4n) is 4.65. The maximum Gasteiger partial charge on any atom is 0.252 e. The molecule has 1 amide bonds. The Morgan fingerprint density at radius 2 is 1.75 bits per heavy atom. The van der Waals surface area contributed by atoms with Gasteiger partial charge in [0.15, 0.2) is 0 Å². The zero-order valence-corrected chi connectivity index (χ0v) is 15.7. The Balaban J connectivity index is 1.25. The summed E-state index contributed by atoms with van der Waals surface area (Å²) in [6.07, 6.45) is 3.11. The number of carbonyl (C=O) groups is 1. The number of piperidine rings is 1. The van der Waals surface area contributed by atoms with Crippen molar-refractivity contribution in [1.82, 2.24) is 5.32 Å². The molecule has 1 saturated carbocycles. The van der Waals surface area contributed by atoms with Crippen molar-refractivity contribution in [3.63, 3.8) is 0 Å². The van der Waals surface area contributed by atoms with Gasteiger partial charge in [-0.2, -0.15) is 0 Å². The standard InChI is InChI=1S/C24H23FN2O/c25-18-7-4-8-19(15-18)27-13-11-24(12-14-27)16-22(24)26-23(28)21-10-3-6-17-5-1-2-9-20(17)21/h1-10,15,22H,11-14,16H2,(H,26,28). The van der Waals surface area contributed by atoms with Gasteiger partial charge < -0.3 is 10.2 Å². The molecule has 1 atom stereocenters. The number of benzene rings is 3. The minimum Gasteiger partial charge on any atom is -0.371 e. The average molecular weight is 374 g/mol. The third kappa shape index (κ3) is 3.03. The lowest BCUT2D eigenvalue weighted by Crippen LogP contribution is -2.38. The molecule has 0 bridgehead atoms. The van der Waals surface area contributed by atoms with Crippen molar-refractivity contribution in [3.05, 3.63) is 78.1 Å². The normalized spacial score (nSPS) is 20.3. The van der Waals surface area contributed by atoms with Crippen LogP contribution in [0.1, 0.15) is 29.6 Å². The van der Waals surface area contributed by atoms with E-state index in [2.05, 4.69) is 10.2 Å². The third-order valence-electron chi connectivity index (χ3n) is 6.46. The molecule has 3 nitrogen and oxygen atoms in total. The zero-order valence-electron chi connectivity index (χ0n) is 15.7. The number of hydrogen-bond donors (Lipinski definition) is 1. The summed E-state index contributed by atoms with van der Waals surface area (Å²) >= 11 is 0. The Kier molecular flexibility index (Phi) is 4.08. The van der Waals surface area contributed by atoms with Crippen LogP contribution < -0.4 is 10.2 Å². The summed E-state index contributed by atoms with van der Waals surface area (Å²) in [6, 6.07) is 20.9. The van der Waals surface area contributed by atoms with Gasteiger partial charge in [-0.1, -0.05) is 42.5 Å². The molecule has 1 heterocycles. The molecule has 3 aromatic carbocycles. The predicted octanol–water partition coefficient (Wildman–Crippen LogP) is 4.77. The number of carbonyl (C=O) groups excluding carboxylic acids is 1. The molecule has 1 aliphatic carbocycles. The Hall–Kier alpha value is -2.88. The van der Waals surface area contributed by atoms with Crippen LogP contribution in [0.3, 0.4) is 0 Å². The first-order chi connectivity index (χ1) is 13.6. The fraction of sp³-hybridized carbons (Fsp3) is 0.292. The summed E-state index contributed by atoms with van der Waals surface area (Å²) in [4.78, 5) is 15.1. The topological polar surface area (TPSA) is 32.3 Å². The molecular weight excluding hydrogens is 351 g/mol. The molecule has 3 aromatic rings. The zero-order chi connectivity index (χ0) is 19.1. The molecule has 1 spiro atoms. The minimum atomic E-state index is -0.190. The van der Waals surface area contributed by atoms with Crippen LogP contribution in [0.25, 0.3) is 10.8 Å². The second-order valence-electron chi connectivity index (χ2n) is 8.09. The second kappa shape index (κ2) is 6.62. The highest BCUT2D eigenvalue weighted by Gasteiger charge is 2.55. The predicted molar refractivity (Wildman–Crippen MR) is 110 cm³/mol. The molecule has 5 rings (SSSR count). The van der Waals surface area contributed by atoms with Gasteiger partial charge in [0.25, 0.3) is 5.91 Å². The van der Waals surface area contributed by atoms with Crippen LogP contribution in [-0.2, 0) is 0 Å². The van der Waals surface area contributed by atoms with Gasteiger partial charge in [0.2, 0.25) is 0 Å². The molecule has 1 unspecified atom stereocenters. The Morgan fingerprint density at radius 3 is 2.57 bits per heavy atom. The van der Waals surface area contributed by atoms with Gasteiger partial charge in [-0.3, -0.25) is 4.79 Å². The number of rotatable bonds is 3. The highest BCUT2D eigenvalue weighted by atomic mass is 19.1. The van der Waals surface area contributed by atoms with E-state index in [0.717, 1.165) is 54.4 Å². The first-order valence-electron chi connectivity index (χ1n) is 9.94. The van der Waals surface area contributed by atoms with Gasteiger partial charge >= 0.3 is 0 Å². The monoisotopic (exact) mass is 374 g/mol. The van der Waals surface area contributed by atoms with Gasteiger partial charge in [0.05, 0.1) is 0 Å². The molecule has 2 fully saturated rings. The summed E-state index contributed by atoms with van der Waals surface area (Å²) in [6.45, 7) is 1.81. The summed E-state index contributed by atoms with van der Waals surface area (Å²) < 4.78 is 13.5. The molecule has 0 aromatic heterocycles. The van der Waals surface area contributed by atoms with Gasteiger partial charge in [0.1, 0.15) is 5.82 Å². The van der Waals surface area contributed by atoms with Crippen molar-refractivity contribution in [2.75, 3.05) is 18.0 Å². The molecule has 4 heteroatoms. The Bertz CT molecular complexity index is 1030. The number of hydrogen-bond acceptors (Lipinski definition) is 2. The third-order valence-corrected chi connectivity index (χ3v) is 6.46. The lowest BCUT2D eigenvalue weighted by molar-refractivity contribution is 0.0945. The molecule has 1 N–H and O–H groups in total. The molecule has 142 valence electrons. The smallest absolute Gasteiger partial charge is 0.252 e. The van der Waals surface area contributed by atoms with Crippen LogP contribution in [0.2, 0.25) is 0 Å². The summed E-state index contributed by atoms with van der Waals surface area (Å²) in [5.41, 5.74) is 1.91. The summed E-state index contributed by atoms with van der Waals surface area (Å²) in [5.74, 6) is -0.171. The number of amides is 1. The quantitative estimate of drug-likeness (QED) is 0.716. The van der Waals surface area contributed by atoms with Crippen molar-refractivity contribution in [2.24, 2.45) is 5.41 Å². The molecule has 28 heavy (non-hydrogen) atoms. The maximum absolute atomic E-state index is 13.5. The van der Waals surface area contributed by atoms with Crippen molar-refractivity contribution < 1.29 is 9.18 Å². The lowest BCUT2D eigenvalue weighted by Gasteiger charge is -2.34. The van der Waals surface area contributed by atoms with Crippen molar-refractivity contribution in [1.29, 1.82) is 0 Å². The van der Waals surface area contributed by atoms with Crippen LogP contribution in [0, 0.1) is 11.2 Å². The van der Waals surface area contributed by atoms with E-state index < -0.39 is 0 Å². The highest BCUT2D eigenvalue weighted by molar-refractivity contribution is 6.07. The Morgan fingerprint density at radius 1 is 1.00 bits per heavy atom. The first-order valence-corrected chi connectivity index (χ1v) is 9.94. The SMILES string of the molecule is O=C(NC1CC12CCN(c1cccc(F)c1)CC2)c1cccc2ccccc12. The van der Waals surface area contributed by atoms with Crippen molar-refractivity contribution in [2.45, 2.75) is 25.3 Å². The number of anilines is 1.